The number of aromatic nitrogens is 1. The molecular weight excluding hydrogens is 234 g/mol. The molecular formula is C13H10ClN3. The van der Waals surface area contributed by atoms with E-state index in [9.17, 15) is 0 Å². The van der Waals surface area contributed by atoms with Crippen molar-refractivity contribution in [2.45, 2.75) is 6.54 Å². The summed E-state index contributed by atoms with van der Waals surface area (Å²) in [6.07, 6.45) is 3.32. The Morgan fingerprint density at radius 1 is 1.35 bits per heavy atom. The number of benzene rings is 1. The molecule has 1 aromatic carbocycles. The highest BCUT2D eigenvalue weighted by Crippen LogP contribution is 2.16. The van der Waals surface area contributed by atoms with Crippen LogP contribution in [0, 0.1) is 11.3 Å². The number of hydrogen-bond donors (Lipinski definition) is 1. The van der Waals surface area contributed by atoms with Crippen LogP contribution in [0.25, 0.3) is 0 Å². The molecule has 84 valence electrons. The molecule has 1 heterocycles. The molecule has 17 heavy (non-hydrogen) atoms. The molecule has 0 fully saturated rings. The summed E-state index contributed by atoms with van der Waals surface area (Å²) in [7, 11) is 0. The van der Waals surface area contributed by atoms with E-state index in [1.165, 1.54) is 0 Å². The molecule has 0 aliphatic rings. The minimum absolute atomic E-state index is 0.607. The summed E-state index contributed by atoms with van der Waals surface area (Å²) < 4.78 is 0. The number of halogens is 1. The van der Waals surface area contributed by atoms with Crippen molar-refractivity contribution in [2.24, 2.45) is 0 Å². The Kier molecular flexibility index (Phi) is 3.59. The summed E-state index contributed by atoms with van der Waals surface area (Å²) in [6, 6.07) is 11.3. The minimum Gasteiger partial charge on any atom is -0.381 e. The van der Waals surface area contributed by atoms with Gasteiger partial charge in [-0.15, -0.1) is 0 Å². The number of pyridine rings is 1. The molecule has 1 aromatic heterocycles. The van der Waals surface area contributed by atoms with E-state index in [0.717, 1.165) is 11.3 Å². The standard InChI is InChI=1S/C13H10ClN3/c14-13-9-16-5-4-11(13)8-17-12-3-1-2-10(6-12)7-15/h1-6,9,17H,8H2. The Hall–Kier alpha value is -2.05. The van der Waals surface area contributed by atoms with Gasteiger partial charge in [-0.3, -0.25) is 4.98 Å². The second-order valence-corrected chi connectivity index (χ2v) is 3.92. The lowest BCUT2D eigenvalue weighted by Gasteiger charge is -2.07. The van der Waals surface area contributed by atoms with Gasteiger partial charge in [0.15, 0.2) is 0 Å². The first-order chi connectivity index (χ1) is 8.29. The van der Waals surface area contributed by atoms with Crippen LogP contribution in [0.1, 0.15) is 11.1 Å². The Morgan fingerprint density at radius 3 is 3.00 bits per heavy atom. The van der Waals surface area contributed by atoms with Crippen LogP contribution in [0.5, 0.6) is 0 Å². The van der Waals surface area contributed by atoms with Gasteiger partial charge in [0.2, 0.25) is 0 Å². The zero-order chi connectivity index (χ0) is 12.1. The predicted molar refractivity (Wildman–Crippen MR) is 67.7 cm³/mol. The zero-order valence-corrected chi connectivity index (χ0v) is 9.78. The number of anilines is 1. The maximum absolute atomic E-state index is 8.78. The first-order valence-electron chi connectivity index (χ1n) is 5.12. The first kappa shape index (κ1) is 11.4. The van der Waals surface area contributed by atoms with Crippen LogP contribution < -0.4 is 5.32 Å². The van der Waals surface area contributed by atoms with E-state index in [0.29, 0.717) is 17.1 Å². The second kappa shape index (κ2) is 5.33. The molecule has 0 bridgehead atoms. The van der Waals surface area contributed by atoms with Crippen molar-refractivity contribution < 1.29 is 0 Å². The van der Waals surface area contributed by atoms with E-state index in [-0.39, 0.29) is 0 Å². The van der Waals surface area contributed by atoms with Crippen LogP contribution in [0.3, 0.4) is 0 Å². The van der Waals surface area contributed by atoms with Gasteiger partial charge in [-0.1, -0.05) is 17.7 Å². The van der Waals surface area contributed by atoms with E-state index in [1.807, 2.05) is 18.2 Å². The van der Waals surface area contributed by atoms with Crippen LogP contribution in [0.2, 0.25) is 5.02 Å². The fourth-order valence-electron chi connectivity index (χ4n) is 1.44. The highest BCUT2D eigenvalue weighted by Gasteiger charge is 1.99. The number of nitrogens with one attached hydrogen (secondary N) is 1. The van der Waals surface area contributed by atoms with Gasteiger partial charge in [0.05, 0.1) is 16.7 Å². The molecule has 4 heteroatoms. The van der Waals surface area contributed by atoms with Gasteiger partial charge in [-0.25, -0.2) is 0 Å². The Bertz CT molecular complexity index is 561. The van der Waals surface area contributed by atoms with Crippen LogP contribution >= 0.6 is 11.6 Å². The summed E-state index contributed by atoms with van der Waals surface area (Å²) in [6.45, 7) is 0.607. The highest BCUT2D eigenvalue weighted by atomic mass is 35.5. The van der Waals surface area contributed by atoms with Crippen molar-refractivity contribution in [2.75, 3.05) is 5.32 Å². The van der Waals surface area contributed by atoms with Gasteiger partial charge in [0.25, 0.3) is 0 Å². The van der Waals surface area contributed by atoms with Crippen LogP contribution in [0.15, 0.2) is 42.7 Å². The summed E-state index contributed by atoms with van der Waals surface area (Å²) >= 11 is 5.99. The van der Waals surface area contributed by atoms with Crippen molar-refractivity contribution in [3.05, 3.63) is 58.9 Å². The summed E-state index contributed by atoms with van der Waals surface area (Å²) in [4.78, 5) is 3.92. The van der Waals surface area contributed by atoms with Crippen molar-refractivity contribution in [1.82, 2.24) is 4.98 Å². The molecule has 0 aliphatic carbocycles. The normalized spacial score (nSPS) is 9.65. The van der Waals surface area contributed by atoms with E-state index in [4.69, 9.17) is 16.9 Å². The average Bonchev–Trinajstić information content (AvgIpc) is 2.38. The van der Waals surface area contributed by atoms with E-state index >= 15 is 0 Å². The molecule has 1 N–H and O–H groups in total. The molecule has 2 rings (SSSR count). The molecule has 2 aromatic rings. The summed E-state index contributed by atoms with van der Waals surface area (Å²) in [5.41, 5.74) is 2.51. The van der Waals surface area contributed by atoms with Gasteiger partial charge in [-0.2, -0.15) is 5.26 Å². The number of nitriles is 1. The predicted octanol–water partition coefficient (Wildman–Crippen LogP) is 3.22. The van der Waals surface area contributed by atoms with Crippen molar-refractivity contribution in [3.8, 4) is 6.07 Å². The minimum atomic E-state index is 0.607. The summed E-state index contributed by atoms with van der Waals surface area (Å²) in [5.74, 6) is 0. The van der Waals surface area contributed by atoms with Crippen molar-refractivity contribution in [3.63, 3.8) is 0 Å². The van der Waals surface area contributed by atoms with E-state index in [1.54, 1.807) is 24.5 Å². The van der Waals surface area contributed by atoms with E-state index < -0.39 is 0 Å². The third-order valence-electron chi connectivity index (χ3n) is 2.33. The van der Waals surface area contributed by atoms with Crippen LogP contribution in [-0.2, 0) is 6.54 Å². The molecule has 0 radical (unpaired) electrons. The van der Waals surface area contributed by atoms with Crippen molar-refractivity contribution in [1.29, 1.82) is 5.26 Å². The van der Waals surface area contributed by atoms with Crippen molar-refractivity contribution >= 4 is 17.3 Å². The third-order valence-corrected chi connectivity index (χ3v) is 2.67. The highest BCUT2D eigenvalue weighted by molar-refractivity contribution is 6.31. The smallest absolute Gasteiger partial charge is 0.0992 e. The molecule has 0 aliphatic heterocycles. The monoisotopic (exact) mass is 243 g/mol. The van der Waals surface area contributed by atoms with Gasteiger partial charge < -0.3 is 5.32 Å². The zero-order valence-electron chi connectivity index (χ0n) is 9.02. The fraction of sp³-hybridized carbons (Fsp3) is 0.0769. The maximum atomic E-state index is 8.78. The van der Waals surface area contributed by atoms with E-state index in [2.05, 4.69) is 16.4 Å². The van der Waals surface area contributed by atoms with Gasteiger partial charge in [0, 0.05) is 24.6 Å². The number of rotatable bonds is 3. The lowest BCUT2D eigenvalue weighted by atomic mass is 10.2. The summed E-state index contributed by atoms with van der Waals surface area (Å²) in [5, 5.41) is 12.6. The molecule has 0 saturated heterocycles. The lowest BCUT2D eigenvalue weighted by Crippen LogP contribution is -2.00. The fourth-order valence-corrected chi connectivity index (χ4v) is 1.63. The van der Waals surface area contributed by atoms with Gasteiger partial charge in [0.1, 0.15) is 0 Å². The second-order valence-electron chi connectivity index (χ2n) is 3.51. The molecule has 0 spiro atoms. The molecule has 0 saturated carbocycles. The Labute approximate surface area is 105 Å². The Morgan fingerprint density at radius 2 is 2.24 bits per heavy atom. The average molecular weight is 244 g/mol. The largest absolute Gasteiger partial charge is 0.381 e. The quantitative estimate of drug-likeness (QED) is 0.901. The molecule has 0 amide bonds. The lowest BCUT2D eigenvalue weighted by molar-refractivity contribution is 1.13. The van der Waals surface area contributed by atoms with Gasteiger partial charge >= 0.3 is 0 Å². The third kappa shape index (κ3) is 2.96. The SMILES string of the molecule is N#Cc1cccc(NCc2ccncc2Cl)c1. The topological polar surface area (TPSA) is 48.7 Å². The first-order valence-corrected chi connectivity index (χ1v) is 5.50. The Balaban J connectivity index is 2.08. The number of hydrogen-bond acceptors (Lipinski definition) is 3. The molecule has 3 nitrogen and oxygen atoms in total. The van der Waals surface area contributed by atoms with Gasteiger partial charge in [-0.05, 0) is 29.8 Å². The molecule has 0 unspecified atom stereocenters. The maximum Gasteiger partial charge on any atom is 0.0992 e. The van der Waals surface area contributed by atoms with Crippen LogP contribution in [-0.4, -0.2) is 4.98 Å². The van der Waals surface area contributed by atoms with Crippen LogP contribution in [0.4, 0.5) is 5.69 Å². The number of nitrogens with zero attached hydrogens (tertiary/aromatic N) is 2. The molecule has 0 atom stereocenters.